The highest BCUT2D eigenvalue weighted by atomic mass is 35.5. The first-order valence-corrected chi connectivity index (χ1v) is 10.9. The van der Waals surface area contributed by atoms with E-state index in [-0.39, 0.29) is 11.6 Å². The highest BCUT2D eigenvalue weighted by Gasteiger charge is 2.37. The second-order valence-corrected chi connectivity index (χ2v) is 8.31. The quantitative estimate of drug-likeness (QED) is 0.284. The first kappa shape index (κ1) is 21.7. The van der Waals surface area contributed by atoms with Gasteiger partial charge < -0.3 is 0 Å². The van der Waals surface area contributed by atoms with Crippen LogP contribution in [0.5, 0.6) is 0 Å². The molecule has 2 unspecified atom stereocenters. The largest absolute Gasteiger partial charge is 0.293 e. The van der Waals surface area contributed by atoms with Crippen molar-refractivity contribution in [3.8, 4) is 0 Å². The SMILES string of the molecule is Cc1ccc(C(=O)C(c2ccccc2)C(C(=O)c2ccc(Cl)cc2)c2ccccc2)cc1. The summed E-state index contributed by atoms with van der Waals surface area (Å²) >= 11 is 6.05. The molecule has 0 radical (unpaired) electrons. The van der Waals surface area contributed by atoms with Crippen LogP contribution in [0.25, 0.3) is 0 Å². The lowest BCUT2D eigenvalue weighted by atomic mass is 9.73. The summed E-state index contributed by atoms with van der Waals surface area (Å²) in [7, 11) is 0. The molecule has 2 nitrogen and oxygen atoms in total. The van der Waals surface area contributed by atoms with Crippen molar-refractivity contribution in [2.75, 3.05) is 0 Å². The van der Waals surface area contributed by atoms with Gasteiger partial charge in [-0.05, 0) is 42.3 Å². The van der Waals surface area contributed by atoms with Gasteiger partial charge >= 0.3 is 0 Å². The van der Waals surface area contributed by atoms with Gasteiger partial charge in [-0.2, -0.15) is 0 Å². The van der Waals surface area contributed by atoms with Crippen LogP contribution in [-0.2, 0) is 0 Å². The molecule has 4 rings (SSSR count). The maximum atomic E-state index is 13.9. The zero-order chi connectivity index (χ0) is 22.5. The normalized spacial score (nSPS) is 12.7. The van der Waals surface area contributed by atoms with E-state index in [0.29, 0.717) is 16.1 Å². The van der Waals surface area contributed by atoms with E-state index in [0.717, 1.165) is 16.7 Å². The van der Waals surface area contributed by atoms with Crippen molar-refractivity contribution in [2.24, 2.45) is 0 Å². The zero-order valence-electron chi connectivity index (χ0n) is 17.7. The standard InChI is InChI=1S/C29H23ClO2/c1-20-12-14-23(15-13-20)28(31)26(21-8-4-2-5-9-21)27(22-10-6-3-7-11-22)29(32)24-16-18-25(30)19-17-24/h2-19,26-27H,1H3. The molecule has 0 bridgehead atoms. The Kier molecular flexibility index (Phi) is 6.63. The van der Waals surface area contributed by atoms with E-state index >= 15 is 0 Å². The van der Waals surface area contributed by atoms with Crippen LogP contribution in [0.15, 0.2) is 109 Å². The molecule has 0 fully saturated rings. The second-order valence-electron chi connectivity index (χ2n) is 7.88. The first-order valence-electron chi connectivity index (χ1n) is 10.5. The van der Waals surface area contributed by atoms with Gasteiger partial charge in [0.1, 0.15) is 0 Å². The van der Waals surface area contributed by atoms with Crippen molar-refractivity contribution < 1.29 is 9.59 Å². The Morgan fingerprint density at radius 3 is 1.34 bits per heavy atom. The Hall–Kier alpha value is -3.49. The molecule has 2 atom stereocenters. The molecule has 0 saturated heterocycles. The number of Topliss-reactive ketones (excluding diaryl/α,β-unsaturated/α-hetero) is 2. The maximum Gasteiger partial charge on any atom is 0.171 e. The molecule has 0 spiro atoms. The third kappa shape index (κ3) is 4.71. The van der Waals surface area contributed by atoms with Crippen LogP contribution < -0.4 is 0 Å². The molecule has 158 valence electrons. The number of aryl methyl sites for hydroxylation is 1. The Balaban J connectivity index is 1.88. The van der Waals surface area contributed by atoms with Gasteiger partial charge in [0.25, 0.3) is 0 Å². The maximum absolute atomic E-state index is 13.9. The molecular formula is C29H23ClO2. The first-order chi connectivity index (χ1) is 15.5. The lowest BCUT2D eigenvalue weighted by molar-refractivity contribution is 0.0866. The van der Waals surface area contributed by atoms with Crippen molar-refractivity contribution in [3.63, 3.8) is 0 Å². The monoisotopic (exact) mass is 438 g/mol. The summed E-state index contributed by atoms with van der Waals surface area (Å²) in [5, 5.41) is 0.563. The highest BCUT2D eigenvalue weighted by molar-refractivity contribution is 6.30. The molecule has 0 aliphatic rings. The van der Waals surface area contributed by atoms with Gasteiger partial charge in [-0.3, -0.25) is 9.59 Å². The number of benzene rings is 4. The molecule has 0 aliphatic heterocycles. The summed E-state index contributed by atoms with van der Waals surface area (Å²) in [6, 6.07) is 33.5. The fraction of sp³-hybridized carbons (Fsp3) is 0.103. The summed E-state index contributed by atoms with van der Waals surface area (Å²) in [4.78, 5) is 27.8. The summed E-state index contributed by atoms with van der Waals surface area (Å²) < 4.78 is 0. The van der Waals surface area contributed by atoms with Gasteiger partial charge in [-0.15, -0.1) is 0 Å². The fourth-order valence-corrected chi connectivity index (χ4v) is 4.13. The average molecular weight is 439 g/mol. The zero-order valence-corrected chi connectivity index (χ0v) is 18.5. The number of halogens is 1. The predicted octanol–water partition coefficient (Wildman–Crippen LogP) is 7.28. The molecule has 32 heavy (non-hydrogen) atoms. The van der Waals surface area contributed by atoms with Gasteiger partial charge in [0, 0.05) is 16.1 Å². The third-order valence-corrected chi connectivity index (χ3v) is 5.93. The van der Waals surface area contributed by atoms with Crippen molar-refractivity contribution >= 4 is 23.2 Å². The molecule has 0 heterocycles. The van der Waals surface area contributed by atoms with E-state index in [9.17, 15) is 9.59 Å². The Morgan fingerprint density at radius 2 is 0.938 bits per heavy atom. The molecular weight excluding hydrogens is 416 g/mol. The minimum absolute atomic E-state index is 0.0765. The lowest BCUT2D eigenvalue weighted by Crippen LogP contribution is -2.27. The van der Waals surface area contributed by atoms with Crippen LogP contribution in [-0.4, -0.2) is 11.6 Å². The molecule has 0 amide bonds. The van der Waals surface area contributed by atoms with E-state index in [1.807, 2.05) is 91.9 Å². The minimum atomic E-state index is -0.673. The van der Waals surface area contributed by atoms with E-state index in [4.69, 9.17) is 11.6 Å². The van der Waals surface area contributed by atoms with Gasteiger partial charge in [0.15, 0.2) is 11.6 Å². The fourth-order valence-electron chi connectivity index (χ4n) is 4.00. The van der Waals surface area contributed by atoms with E-state index in [1.54, 1.807) is 24.3 Å². The number of hydrogen-bond donors (Lipinski definition) is 0. The van der Waals surface area contributed by atoms with Crippen molar-refractivity contribution in [3.05, 3.63) is 142 Å². The van der Waals surface area contributed by atoms with Crippen molar-refractivity contribution in [1.29, 1.82) is 0 Å². The Morgan fingerprint density at radius 1 is 0.562 bits per heavy atom. The Labute approximate surface area is 193 Å². The molecule has 0 N–H and O–H groups in total. The van der Waals surface area contributed by atoms with E-state index < -0.39 is 11.8 Å². The molecule has 3 heteroatoms. The number of hydrogen-bond acceptors (Lipinski definition) is 2. The van der Waals surface area contributed by atoms with Crippen LogP contribution in [0.4, 0.5) is 0 Å². The van der Waals surface area contributed by atoms with E-state index in [1.165, 1.54) is 0 Å². The summed E-state index contributed by atoms with van der Waals surface area (Å²) in [5.74, 6) is -1.52. The summed E-state index contributed by atoms with van der Waals surface area (Å²) in [5.41, 5.74) is 3.82. The van der Waals surface area contributed by atoms with E-state index in [2.05, 4.69) is 0 Å². The summed E-state index contributed by atoms with van der Waals surface area (Å²) in [6.07, 6.45) is 0. The van der Waals surface area contributed by atoms with Crippen LogP contribution in [0.3, 0.4) is 0 Å². The third-order valence-electron chi connectivity index (χ3n) is 5.68. The van der Waals surface area contributed by atoms with Gasteiger partial charge in [0.05, 0.1) is 11.8 Å². The molecule has 4 aromatic rings. The van der Waals surface area contributed by atoms with Crippen LogP contribution in [0.2, 0.25) is 5.02 Å². The smallest absolute Gasteiger partial charge is 0.171 e. The van der Waals surface area contributed by atoms with Gasteiger partial charge in [0.2, 0.25) is 0 Å². The lowest BCUT2D eigenvalue weighted by Gasteiger charge is -2.26. The van der Waals surface area contributed by atoms with Crippen LogP contribution in [0.1, 0.15) is 49.2 Å². The number of ketones is 2. The van der Waals surface area contributed by atoms with Crippen LogP contribution in [0, 0.1) is 6.92 Å². The summed E-state index contributed by atoms with van der Waals surface area (Å²) in [6.45, 7) is 1.99. The second kappa shape index (κ2) is 9.76. The molecule has 0 aromatic heterocycles. The topological polar surface area (TPSA) is 34.1 Å². The van der Waals surface area contributed by atoms with Crippen molar-refractivity contribution in [1.82, 2.24) is 0 Å². The predicted molar refractivity (Wildman–Crippen MR) is 130 cm³/mol. The van der Waals surface area contributed by atoms with Crippen LogP contribution >= 0.6 is 11.6 Å². The number of carbonyl (C=O) groups is 2. The van der Waals surface area contributed by atoms with Gasteiger partial charge in [-0.25, -0.2) is 0 Å². The van der Waals surface area contributed by atoms with Crippen molar-refractivity contribution in [2.45, 2.75) is 18.8 Å². The minimum Gasteiger partial charge on any atom is -0.293 e. The molecule has 0 saturated carbocycles. The molecule has 0 aliphatic carbocycles. The highest BCUT2D eigenvalue weighted by Crippen LogP contribution is 2.38. The average Bonchev–Trinajstić information content (AvgIpc) is 2.84. The number of rotatable bonds is 7. The Bertz CT molecular complexity index is 1100. The number of carbonyl (C=O) groups excluding carboxylic acids is 2. The molecule has 4 aromatic carbocycles. The van der Waals surface area contributed by atoms with Gasteiger partial charge in [-0.1, -0.05) is 102 Å².